The van der Waals surface area contributed by atoms with E-state index in [0.29, 0.717) is 0 Å². The van der Waals surface area contributed by atoms with Gasteiger partial charge >= 0.3 is 6.18 Å². The molecule has 1 aliphatic heterocycles. The van der Waals surface area contributed by atoms with Crippen molar-refractivity contribution in [1.82, 2.24) is 0 Å². The number of hydrogen-bond donors (Lipinski definition) is 0. The number of rotatable bonds is 2. The molecular weight excluding hydrogens is 365 g/mol. The number of carbonyl (C=O) groups excluding carboxylic acids is 1. The van der Waals surface area contributed by atoms with E-state index in [1.165, 1.54) is 45.0 Å². The Labute approximate surface area is 152 Å². The molecule has 0 N–H and O–H groups in total. The topological polar surface area (TPSA) is 72.7 Å². The summed E-state index contributed by atoms with van der Waals surface area (Å²) in [6.07, 6.45) is -4.58. The fourth-order valence-corrected chi connectivity index (χ4v) is 2.89. The third-order valence-electron chi connectivity index (χ3n) is 4.26. The van der Waals surface area contributed by atoms with Gasteiger partial charge in [0.25, 0.3) is 11.6 Å². The SMILES string of the molecule is Cc1ccc(N2C(=O)C(C)(C)Oc3cc([N+](=O)[O-])ccc32)cc1C(F)(F)F. The van der Waals surface area contributed by atoms with Gasteiger partial charge < -0.3 is 4.74 Å². The minimum absolute atomic E-state index is 0.00408. The monoisotopic (exact) mass is 380 g/mol. The summed E-state index contributed by atoms with van der Waals surface area (Å²) < 4.78 is 45.4. The number of fused-ring (bicyclic) bond motifs is 1. The molecule has 0 radical (unpaired) electrons. The van der Waals surface area contributed by atoms with Crippen LogP contribution >= 0.6 is 0 Å². The maximum atomic E-state index is 13.3. The number of anilines is 2. The van der Waals surface area contributed by atoms with Crippen LogP contribution in [0.2, 0.25) is 0 Å². The zero-order valence-electron chi connectivity index (χ0n) is 14.6. The number of carbonyl (C=O) groups is 1. The van der Waals surface area contributed by atoms with Crippen molar-refractivity contribution in [2.24, 2.45) is 0 Å². The Kier molecular flexibility index (Phi) is 4.13. The van der Waals surface area contributed by atoms with Gasteiger partial charge in [-0.25, -0.2) is 0 Å². The first-order chi connectivity index (χ1) is 12.4. The number of nitro groups is 1. The second kappa shape index (κ2) is 5.97. The average molecular weight is 380 g/mol. The largest absolute Gasteiger partial charge is 0.476 e. The third-order valence-corrected chi connectivity index (χ3v) is 4.26. The molecule has 1 amide bonds. The van der Waals surface area contributed by atoms with Crippen molar-refractivity contribution in [1.29, 1.82) is 0 Å². The van der Waals surface area contributed by atoms with Gasteiger partial charge in [0.05, 0.1) is 22.2 Å². The summed E-state index contributed by atoms with van der Waals surface area (Å²) in [4.78, 5) is 24.3. The van der Waals surface area contributed by atoms with Crippen molar-refractivity contribution in [2.45, 2.75) is 32.5 Å². The van der Waals surface area contributed by atoms with E-state index in [2.05, 4.69) is 0 Å². The smallest absolute Gasteiger partial charge is 0.416 e. The van der Waals surface area contributed by atoms with E-state index in [4.69, 9.17) is 4.74 Å². The molecule has 2 aromatic rings. The van der Waals surface area contributed by atoms with Crippen LogP contribution in [0, 0.1) is 17.0 Å². The lowest BCUT2D eigenvalue weighted by Crippen LogP contribution is -2.50. The quantitative estimate of drug-likeness (QED) is 0.556. The number of alkyl halides is 3. The van der Waals surface area contributed by atoms with Gasteiger partial charge in [0.1, 0.15) is 0 Å². The van der Waals surface area contributed by atoms with E-state index in [1.54, 1.807) is 0 Å². The molecule has 0 fully saturated rings. The normalized spacial score (nSPS) is 15.9. The van der Waals surface area contributed by atoms with E-state index in [-0.39, 0.29) is 28.4 Å². The highest BCUT2D eigenvalue weighted by molar-refractivity contribution is 6.08. The standard InChI is InChI=1S/C18H15F3N2O4/c1-10-4-5-11(8-13(10)18(19,20)21)22-14-7-6-12(23(25)26)9-15(14)27-17(2,3)16(22)24/h4-9H,1-3H3. The first-order valence-electron chi connectivity index (χ1n) is 7.91. The summed E-state index contributed by atoms with van der Waals surface area (Å²) in [5.74, 6) is -0.538. The van der Waals surface area contributed by atoms with Crippen LogP contribution in [-0.4, -0.2) is 16.4 Å². The molecule has 1 heterocycles. The van der Waals surface area contributed by atoms with Crippen LogP contribution in [0.15, 0.2) is 36.4 Å². The maximum Gasteiger partial charge on any atom is 0.416 e. The molecule has 0 saturated carbocycles. The van der Waals surface area contributed by atoms with Crippen molar-refractivity contribution in [3.05, 3.63) is 57.6 Å². The van der Waals surface area contributed by atoms with Crippen molar-refractivity contribution < 1.29 is 27.6 Å². The zero-order valence-corrected chi connectivity index (χ0v) is 14.6. The van der Waals surface area contributed by atoms with Crippen LogP contribution < -0.4 is 9.64 Å². The molecular formula is C18H15F3N2O4. The van der Waals surface area contributed by atoms with Gasteiger partial charge in [-0.3, -0.25) is 19.8 Å². The van der Waals surface area contributed by atoms with Crippen molar-refractivity contribution in [3.63, 3.8) is 0 Å². The number of nitrogens with zero attached hydrogens (tertiary/aromatic N) is 2. The fraction of sp³-hybridized carbons (Fsp3) is 0.278. The summed E-state index contributed by atoms with van der Waals surface area (Å²) in [5, 5.41) is 11.0. The van der Waals surface area contributed by atoms with Crippen LogP contribution in [0.1, 0.15) is 25.0 Å². The highest BCUT2D eigenvalue weighted by Gasteiger charge is 2.43. The molecule has 6 nitrogen and oxygen atoms in total. The molecule has 9 heteroatoms. The molecule has 0 spiro atoms. The molecule has 0 bridgehead atoms. The molecule has 0 aliphatic carbocycles. The van der Waals surface area contributed by atoms with Gasteiger partial charge in [0, 0.05) is 11.8 Å². The predicted octanol–water partition coefficient (Wildman–Crippen LogP) is 4.76. The average Bonchev–Trinajstić information content (AvgIpc) is 2.55. The summed E-state index contributed by atoms with van der Waals surface area (Å²) in [7, 11) is 0. The van der Waals surface area contributed by atoms with Crippen molar-refractivity contribution >= 4 is 23.0 Å². The minimum Gasteiger partial charge on any atom is -0.476 e. The molecule has 0 aromatic heterocycles. The van der Waals surface area contributed by atoms with Gasteiger partial charge in [-0.05, 0) is 44.5 Å². The number of nitro benzene ring substituents is 1. The lowest BCUT2D eigenvalue weighted by Gasteiger charge is -2.38. The third kappa shape index (κ3) is 3.20. The Hall–Kier alpha value is -3.10. The number of hydrogen-bond acceptors (Lipinski definition) is 4. The van der Waals surface area contributed by atoms with Crippen LogP contribution in [0.5, 0.6) is 5.75 Å². The lowest BCUT2D eigenvalue weighted by molar-refractivity contribution is -0.385. The Bertz CT molecular complexity index is 954. The second-order valence-corrected chi connectivity index (χ2v) is 6.66. The summed E-state index contributed by atoms with van der Waals surface area (Å²) in [6, 6.07) is 7.16. The van der Waals surface area contributed by atoms with Gasteiger partial charge in [-0.2, -0.15) is 13.2 Å². The molecule has 3 rings (SSSR count). The van der Waals surface area contributed by atoms with Crippen LogP contribution in [0.3, 0.4) is 0 Å². The first-order valence-corrected chi connectivity index (χ1v) is 7.91. The molecule has 142 valence electrons. The highest BCUT2D eigenvalue weighted by Crippen LogP contribution is 2.45. The van der Waals surface area contributed by atoms with Crippen LogP contribution in [-0.2, 0) is 11.0 Å². The predicted molar refractivity (Wildman–Crippen MR) is 91.1 cm³/mol. The molecule has 27 heavy (non-hydrogen) atoms. The summed E-state index contributed by atoms with van der Waals surface area (Å²) in [6.45, 7) is 4.22. The Balaban J connectivity index is 2.21. The molecule has 2 aromatic carbocycles. The number of halogens is 3. The van der Waals surface area contributed by atoms with Gasteiger partial charge in [-0.15, -0.1) is 0 Å². The number of benzene rings is 2. The highest BCUT2D eigenvalue weighted by atomic mass is 19.4. The van der Waals surface area contributed by atoms with Gasteiger partial charge in [0.2, 0.25) is 0 Å². The zero-order chi connectivity index (χ0) is 20.1. The van der Waals surface area contributed by atoms with Crippen LogP contribution in [0.25, 0.3) is 0 Å². The van der Waals surface area contributed by atoms with Crippen LogP contribution in [0.4, 0.5) is 30.2 Å². The maximum absolute atomic E-state index is 13.3. The fourth-order valence-electron chi connectivity index (χ4n) is 2.89. The summed E-state index contributed by atoms with van der Waals surface area (Å²) >= 11 is 0. The number of aryl methyl sites for hydroxylation is 1. The lowest BCUT2D eigenvalue weighted by atomic mass is 10.0. The molecule has 0 atom stereocenters. The molecule has 1 aliphatic rings. The number of non-ortho nitro benzene ring substituents is 1. The second-order valence-electron chi connectivity index (χ2n) is 6.66. The van der Waals surface area contributed by atoms with E-state index < -0.39 is 28.2 Å². The first kappa shape index (κ1) is 18.7. The summed E-state index contributed by atoms with van der Waals surface area (Å²) in [5.41, 5.74) is -2.35. The Morgan fingerprint density at radius 2 is 1.81 bits per heavy atom. The van der Waals surface area contributed by atoms with E-state index >= 15 is 0 Å². The number of ether oxygens (including phenoxy) is 1. The van der Waals surface area contributed by atoms with Gasteiger partial charge in [-0.1, -0.05) is 6.07 Å². The van der Waals surface area contributed by atoms with E-state index in [9.17, 15) is 28.1 Å². The van der Waals surface area contributed by atoms with E-state index in [0.717, 1.165) is 17.0 Å². The van der Waals surface area contributed by atoms with Crippen molar-refractivity contribution in [3.8, 4) is 5.75 Å². The Morgan fingerprint density at radius 3 is 2.41 bits per heavy atom. The van der Waals surface area contributed by atoms with Crippen molar-refractivity contribution in [2.75, 3.05) is 4.90 Å². The Morgan fingerprint density at radius 1 is 1.15 bits per heavy atom. The molecule has 0 unspecified atom stereocenters. The minimum atomic E-state index is -4.58. The number of amides is 1. The molecule has 0 saturated heterocycles. The van der Waals surface area contributed by atoms with Gasteiger partial charge in [0.15, 0.2) is 11.4 Å². The van der Waals surface area contributed by atoms with E-state index in [1.807, 2.05) is 0 Å².